The second-order valence-corrected chi connectivity index (χ2v) is 6.96. The first-order valence-corrected chi connectivity index (χ1v) is 8.02. The van der Waals surface area contributed by atoms with Gasteiger partial charge >= 0.3 is 0 Å². The van der Waals surface area contributed by atoms with Gasteiger partial charge in [0, 0.05) is 11.7 Å². The number of rotatable bonds is 2. The molecule has 1 aliphatic rings. The zero-order chi connectivity index (χ0) is 15.2. The van der Waals surface area contributed by atoms with Crippen LogP contribution < -0.4 is 10.0 Å². The van der Waals surface area contributed by atoms with Gasteiger partial charge in [-0.15, -0.1) is 0 Å². The van der Waals surface area contributed by atoms with Crippen molar-refractivity contribution >= 4 is 21.4 Å². The maximum atomic E-state index is 13.9. The van der Waals surface area contributed by atoms with Crippen LogP contribution in [0.15, 0.2) is 47.4 Å². The summed E-state index contributed by atoms with van der Waals surface area (Å²) in [6.45, 7) is 1.80. The van der Waals surface area contributed by atoms with E-state index in [1.165, 1.54) is 22.5 Å². The van der Waals surface area contributed by atoms with Gasteiger partial charge in [0.25, 0.3) is 10.0 Å². The standard InChI is InChI=1S/C15H15FN2O2S/c1-10-8-11-9-12(17)6-7-14(11)18(10)21(19,20)15-5-3-2-4-13(15)16/h2-7,9-10H,8,17H2,1H3. The molecule has 1 unspecified atom stereocenters. The molecule has 6 heteroatoms. The van der Waals surface area contributed by atoms with Crippen molar-refractivity contribution in [1.29, 1.82) is 0 Å². The first-order chi connectivity index (χ1) is 9.91. The van der Waals surface area contributed by atoms with E-state index >= 15 is 0 Å². The monoisotopic (exact) mass is 306 g/mol. The van der Waals surface area contributed by atoms with Crippen LogP contribution in [0, 0.1) is 5.82 Å². The summed E-state index contributed by atoms with van der Waals surface area (Å²) in [6.07, 6.45) is 0.564. The van der Waals surface area contributed by atoms with Crippen molar-refractivity contribution in [2.75, 3.05) is 10.0 Å². The molecule has 0 radical (unpaired) electrons. The lowest BCUT2D eigenvalue weighted by molar-refractivity contribution is 0.559. The number of nitrogen functional groups attached to an aromatic ring is 1. The van der Waals surface area contributed by atoms with Crippen molar-refractivity contribution in [3.05, 3.63) is 53.8 Å². The number of nitrogens with zero attached hydrogens (tertiary/aromatic N) is 1. The number of benzene rings is 2. The molecule has 21 heavy (non-hydrogen) atoms. The Kier molecular flexibility index (Phi) is 3.13. The van der Waals surface area contributed by atoms with Gasteiger partial charge in [-0.3, -0.25) is 4.31 Å². The second kappa shape index (κ2) is 4.73. The number of sulfonamides is 1. The van der Waals surface area contributed by atoms with Gasteiger partial charge in [-0.1, -0.05) is 12.1 Å². The molecular formula is C15H15FN2O2S. The van der Waals surface area contributed by atoms with E-state index in [1.54, 1.807) is 25.1 Å². The van der Waals surface area contributed by atoms with Gasteiger partial charge in [-0.05, 0) is 49.2 Å². The topological polar surface area (TPSA) is 63.4 Å². The highest BCUT2D eigenvalue weighted by atomic mass is 32.2. The molecule has 1 heterocycles. The van der Waals surface area contributed by atoms with Crippen LogP contribution in [0.25, 0.3) is 0 Å². The summed E-state index contributed by atoms with van der Waals surface area (Å²) in [5.41, 5.74) is 7.76. The van der Waals surface area contributed by atoms with E-state index < -0.39 is 15.8 Å². The predicted molar refractivity (Wildman–Crippen MR) is 80.1 cm³/mol. The van der Waals surface area contributed by atoms with Gasteiger partial charge in [-0.25, -0.2) is 12.8 Å². The molecule has 110 valence electrons. The van der Waals surface area contributed by atoms with E-state index in [-0.39, 0.29) is 10.9 Å². The Bertz CT molecular complexity index is 805. The van der Waals surface area contributed by atoms with Crippen molar-refractivity contribution in [1.82, 2.24) is 0 Å². The Labute approximate surface area is 123 Å². The van der Waals surface area contributed by atoms with Crippen LogP contribution >= 0.6 is 0 Å². The van der Waals surface area contributed by atoms with Crippen molar-refractivity contribution < 1.29 is 12.8 Å². The van der Waals surface area contributed by atoms with E-state index in [1.807, 2.05) is 0 Å². The number of fused-ring (bicyclic) bond motifs is 1. The Hall–Kier alpha value is -2.08. The van der Waals surface area contributed by atoms with Gasteiger partial charge in [0.2, 0.25) is 0 Å². The van der Waals surface area contributed by atoms with Gasteiger partial charge in [0.05, 0.1) is 5.69 Å². The molecule has 0 aromatic heterocycles. The van der Waals surface area contributed by atoms with Crippen molar-refractivity contribution in [2.24, 2.45) is 0 Å². The highest BCUT2D eigenvalue weighted by molar-refractivity contribution is 7.92. The van der Waals surface area contributed by atoms with Gasteiger partial charge in [0.15, 0.2) is 0 Å². The highest BCUT2D eigenvalue weighted by Crippen LogP contribution is 2.38. The summed E-state index contributed by atoms with van der Waals surface area (Å²) in [7, 11) is -3.93. The number of anilines is 2. The molecule has 0 aliphatic carbocycles. The molecule has 0 spiro atoms. The van der Waals surface area contributed by atoms with Crippen LogP contribution in [-0.2, 0) is 16.4 Å². The van der Waals surface area contributed by atoms with E-state index in [2.05, 4.69) is 0 Å². The minimum absolute atomic E-state index is 0.272. The molecule has 1 aliphatic heterocycles. The van der Waals surface area contributed by atoms with Crippen LogP contribution in [-0.4, -0.2) is 14.5 Å². The van der Waals surface area contributed by atoms with E-state index in [0.717, 1.165) is 11.6 Å². The molecule has 3 rings (SSSR count). The first kappa shape index (κ1) is 13.9. The number of hydrogen-bond acceptors (Lipinski definition) is 3. The third-order valence-corrected chi connectivity index (χ3v) is 5.59. The molecule has 0 saturated carbocycles. The van der Waals surface area contributed by atoms with E-state index in [4.69, 9.17) is 5.73 Å². The molecule has 2 aromatic rings. The van der Waals surface area contributed by atoms with Crippen LogP contribution in [0.2, 0.25) is 0 Å². The number of nitrogens with two attached hydrogens (primary N) is 1. The minimum Gasteiger partial charge on any atom is -0.399 e. The Morgan fingerprint density at radius 1 is 1.24 bits per heavy atom. The fourth-order valence-electron chi connectivity index (χ4n) is 2.75. The van der Waals surface area contributed by atoms with Crippen LogP contribution in [0.1, 0.15) is 12.5 Å². The van der Waals surface area contributed by atoms with Crippen molar-refractivity contribution in [2.45, 2.75) is 24.3 Å². The lowest BCUT2D eigenvalue weighted by atomic mass is 10.1. The fourth-order valence-corrected chi connectivity index (χ4v) is 4.51. The molecule has 0 saturated heterocycles. The summed E-state index contributed by atoms with van der Waals surface area (Å²) >= 11 is 0. The summed E-state index contributed by atoms with van der Waals surface area (Å²) in [4.78, 5) is -0.304. The van der Waals surface area contributed by atoms with Crippen LogP contribution in [0.3, 0.4) is 0 Å². The normalized spacial score (nSPS) is 17.8. The maximum Gasteiger partial charge on any atom is 0.267 e. The smallest absolute Gasteiger partial charge is 0.267 e. The average Bonchev–Trinajstić information content (AvgIpc) is 2.74. The second-order valence-electron chi connectivity index (χ2n) is 5.17. The zero-order valence-corrected chi connectivity index (χ0v) is 12.3. The molecule has 2 aromatic carbocycles. The van der Waals surface area contributed by atoms with Crippen molar-refractivity contribution in [3.8, 4) is 0 Å². The molecule has 1 atom stereocenters. The van der Waals surface area contributed by atoms with E-state index in [0.29, 0.717) is 17.8 Å². The average molecular weight is 306 g/mol. The zero-order valence-electron chi connectivity index (χ0n) is 11.5. The molecule has 2 N–H and O–H groups in total. The van der Waals surface area contributed by atoms with Gasteiger partial charge < -0.3 is 5.73 Å². The molecular weight excluding hydrogens is 291 g/mol. The summed E-state index contributed by atoms with van der Waals surface area (Å²) < 4.78 is 40.7. The van der Waals surface area contributed by atoms with Gasteiger partial charge in [0.1, 0.15) is 10.7 Å². The third-order valence-electron chi connectivity index (χ3n) is 3.63. The van der Waals surface area contributed by atoms with Gasteiger partial charge in [-0.2, -0.15) is 0 Å². The molecule has 4 nitrogen and oxygen atoms in total. The molecule has 0 fully saturated rings. The quantitative estimate of drug-likeness (QED) is 0.867. The highest BCUT2D eigenvalue weighted by Gasteiger charge is 2.37. The first-order valence-electron chi connectivity index (χ1n) is 6.58. The molecule has 0 amide bonds. The Morgan fingerprint density at radius 3 is 2.67 bits per heavy atom. The number of halogens is 1. The Balaban J connectivity index is 2.15. The maximum absolute atomic E-state index is 13.9. The Morgan fingerprint density at radius 2 is 1.95 bits per heavy atom. The predicted octanol–water partition coefficient (Wildman–Crippen LogP) is 2.55. The largest absolute Gasteiger partial charge is 0.399 e. The SMILES string of the molecule is CC1Cc2cc(N)ccc2N1S(=O)(=O)c1ccccc1F. The lowest BCUT2D eigenvalue weighted by Crippen LogP contribution is -2.36. The summed E-state index contributed by atoms with van der Waals surface area (Å²) in [5.74, 6) is -0.742. The van der Waals surface area contributed by atoms with E-state index in [9.17, 15) is 12.8 Å². The lowest BCUT2D eigenvalue weighted by Gasteiger charge is -2.24. The van der Waals surface area contributed by atoms with Crippen LogP contribution in [0.4, 0.5) is 15.8 Å². The minimum atomic E-state index is -3.93. The van der Waals surface area contributed by atoms with Crippen LogP contribution in [0.5, 0.6) is 0 Å². The third kappa shape index (κ3) is 2.15. The van der Waals surface area contributed by atoms with Crippen molar-refractivity contribution in [3.63, 3.8) is 0 Å². The summed E-state index contributed by atoms with van der Waals surface area (Å²) in [6, 6.07) is 10.2. The fraction of sp³-hybridized carbons (Fsp3) is 0.200. The number of hydrogen-bond donors (Lipinski definition) is 1. The molecule has 0 bridgehead atoms. The summed E-state index contributed by atoms with van der Waals surface area (Å²) in [5, 5.41) is 0.